The highest BCUT2D eigenvalue weighted by molar-refractivity contribution is 5.94. The highest BCUT2D eigenvalue weighted by atomic mass is 16.3. The van der Waals surface area contributed by atoms with Crippen LogP contribution in [0.3, 0.4) is 0 Å². The zero-order chi connectivity index (χ0) is 13.3. The second-order valence-corrected chi connectivity index (χ2v) is 4.96. The van der Waals surface area contributed by atoms with Crippen LogP contribution in [0.15, 0.2) is 16.9 Å². The van der Waals surface area contributed by atoms with Crippen molar-refractivity contribution in [2.24, 2.45) is 5.92 Å². The monoisotopic (exact) mass is 250 g/mol. The first-order valence-corrected chi connectivity index (χ1v) is 6.15. The molecule has 1 amide bonds. The van der Waals surface area contributed by atoms with Crippen LogP contribution in [-0.2, 0) is 0 Å². The van der Waals surface area contributed by atoms with Gasteiger partial charge in [-0.1, -0.05) is 0 Å². The van der Waals surface area contributed by atoms with Crippen molar-refractivity contribution in [3.63, 3.8) is 0 Å². The van der Waals surface area contributed by atoms with E-state index in [1.54, 1.807) is 24.8 Å². The van der Waals surface area contributed by atoms with E-state index in [9.17, 15) is 14.7 Å². The van der Waals surface area contributed by atoms with Crippen LogP contribution < -0.4 is 5.56 Å². The smallest absolute Gasteiger partial charge is 0.254 e. The number of pyridine rings is 1. The number of amides is 1. The average Bonchev–Trinajstić information content (AvgIpc) is 2.75. The number of carbonyl (C=O) groups is 1. The predicted molar refractivity (Wildman–Crippen MR) is 67.5 cm³/mol. The number of aromatic amines is 1. The standard InChI is InChI=1S/C13H18N2O3/c1-8-5-11(6-12(17)14-8)13(18)15-4-3-10(7-15)9(2)16/h5-6,9-10,16H,3-4,7H2,1-2H3,(H,14,17). The fraction of sp³-hybridized carbons (Fsp3) is 0.538. The predicted octanol–water partition coefficient (Wildman–Crippen LogP) is 0.526. The van der Waals surface area contributed by atoms with Crippen molar-refractivity contribution in [1.29, 1.82) is 0 Å². The zero-order valence-corrected chi connectivity index (χ0v) is 10.6. The van der Waals surface area contributed by atoms with Crippen molar-refractivity contribution >= 4 is 5.91 Å². The molecule has 0 aromatic carbocycles. The van der Waals surface area contributed by atoms with Crippen LogP contribution in [0, 0.1) is 12.8 Å². The molecule has 1 aliphatic rings. The highest BCUT2D eigenvalue weighted by Gasteiger charge is 2.29. The number of aromatic nitrogens is 1. The number of carbonyl (C=O) groups excluding carboxylic acids is 1. The lowest BCUT2D eigenvalue weighted by molar-refractivity contribution is 0.0762. The molecule has 1 fully saturated rings. The maximum atomic E-state index is 12.2. The molecule has 1 saturated heterocycles. The summed E-state index contributed by atoms with van der Waals surface area (Å²) in [6, 6.07) is 3.00. The van der Waals surface area contributed by atoms with Gasteiger partial charge in [-0.3, -0.25) is 9.59 Å². The molecule has 1 aromatic heterocycles. The molecule has 0 saturated carbocycles. The van der Waals surface area contributed by atoms with Gasteiger partial charge in [-0.25, -0.2) is 0 Å². The number of likely N-dealkylation sites (tertiary alicyclic amines) is 1. The Morgan fingerprint density at radius 3 is 2.83 bits per heavy atom. The van der Waals surface area contributed by atoms with Crippen LogP contribution in [0.5, 0.6) is 0 Å². The van der Waals surface area contributed by atoms with Gasteiger partial charge in [-0.05, 0) is 26.3 Å². The first-order chi connectivity index (χ1) is 8.47. The number of aryl methyl sites for hydroxylation is 1. The normalized spacial score (nSPS) is 21.1. The minimum absolute atomic E-state index is 0.132. The van der Waals surface area contributed by atoms with Crippen LogP contribution in [-0.4, -0.2) is 40.1 Å². The Morgan fingerprint density at radius 2 is 2.28 bits per heavy atom. The molecule has 98 valence electrons. The van der Waals surface area contributed by atoms with E-state index in [2.05, 4.69) is 4.98 Å². The summed E-state index contributed by atoms with van der Waals surface area (Å²) in [5, 5.41) is 9.52. The quantitative estimate of drug-likeness (QED) is 0.804. The Labute approximate surface area is 105 Å². The van der Waals surface area contributed by atoms with E-state index >= 15 is 0 Å². The molecule has 1 aliphatic heterocycles. The van der Waals surface area contributed by atoms with E-state index in [0.29, 0.717) is 24.3 Å². The van der Waals surface area contributed by atoms with Crippen LogP contribution >= 0.6 is 0 Å². The van der Waals surface area contributed by atoms with Crippen LogP contribution in [0.1, 0.15) is 29.4 Å². The van der Waals surface area contributed by atoms with Crippen molar-refractivity contribution in [1.82, 2.24) is 9.88 Å². The Morgan fingerprint density at radius 1 is 1.56 bits per heavy atom. The molecule has 0 spiro atoms. The van der Waals surface area contributed by atoms with Crippen molar-refractivity contribution < 1.29 is 9.90 Å². The minimum Gasteiger partial charge on any atom is -0.393 e. The summed E-state index contributed by atoms with van der Waals surface area (Å²) in [5.74, 6) is 0.00407. The number of rotatable bonds is 2. The number of nitrogens with zero attached hydrogens (tertiary/aromatic N) is 1. The number of aliphatic hydroxyl groups excluding tert-OH is 1. The van der Waals surface area contributed by atoms with Gasteiger partial charge >= 0.3 is 0 Å². The van der Waals surface area contributed by atoms with Gasteiger partial charge in [0, 0.05) is 36.3 Å². The van der Waals surface area contributed by atoms with E-state index in [4.69, 9.17) is 0 Å². The zero-order valence-electron chi connectivity index (χ0n) is 10.6. The first-order valence-electron chi connectivity index (χ1n) is 6.15. The third-order valence-corrected chi connectivity index (χ3v) is 3.42. The average molecular weight is 250 g/mol. The minimum atomic E-state index is -0.399. The Balaban J connectivity index is 2.15. The van der Waals surface area contributed by atoms with Crippen LogP contribution in [0.2, 0.25) is 0 Å². The number of aliphatic hydroxyl groups is 1. The molecule has 2 N–H and O–H groups in total. The van der Waals surface area contributed by atoms with Gasteiger partial charge in [0.1, 0.15) is 0 Å². The van der Waals surface area contributed by atoms with E-state index in [1.165, 1.54) is 6.07 Å². The van der Waals surface area contributed by atoms with Crippen LogP contribution in [0.25, 0.3) is 0 Å². The molecule has 18 heavy (non-hydrogen) atoms. The Hall–Kier alpha value is -1.62. The third-order valence-electron chi connectivity index (χ3n) is 3.42. The van der Waals surface area contributed by atoms with E-state index in [1.807, 2.05) is 0 Å². The van der Waals surface area contributed by atoms with Crippen molar-refractivity contribution in [3.05, 3.63) is 33.7 Å². The fourth-order valence-corrected chi connectivity index (χ4v) is 2.35. The summed E-state index contributed by atoms with van der Waals surface area (Å²) in [5.41, 5.74) is 0.837. The summed E-state index contributed by atoms with van der Waals surface area (Å²) >= 11 is 0. The second kappa shape index (κ2) is 4.94. The lowest BCUT2D eigenvalue weighted by Gasteiger charge is -2.17. The van der Waals surface area contributed by atoms with Gasteiger partial charge in [0.2, 0.25) is 5.56 Å². The van der Waals surface area contributed by atoms with Crippen molar-refractivity contribution in [2.75, 3.05) is 13.1 Å². The number of nitrogens with one attached hydrogen (secondary N) is 1. The summed E-state index contributed by atoms with van der Waals surface area (Å²) in [6.07, 6.45) is 0.412. The molecule has 2 heterocycles. The van der Waals surface area contributed by atoms with Crippen molar-refractivity contribution in [3.8, 4) is 0 Å². The highest BCUT2D eigenvalue weighted by Crippen LogP contribution is 2.21. The van der Waals surface area contributed by atoms with Gasteiger partial charge in [-0.15, -0.1) is 0 Å². The molecule has 5 nitrogen and oxygen atoms in total. The molecule has 2 atom stereocenters. The lowest BCUT2D eigenvalue weighted by atomic mass is 10.0. The lowest BCUT2D eigenvalue weighted by Crippen LogP contribution is -2.31. The molecule has 0 bridgehead atoms. The molecule has 2 rings (SSSR count). The molecule has 0 aliphatic carbocycles. The largest absolute Gasteiger partial charge is 0.393 e. The summed E-state index contributed by atoms with van der Waals surface area (Å²) < 4.78 is 0. The van der Waals surface area contributed by atoms with Gasteiger partial charge < -0.3 is 15.0 Å². The maximum absolute atomic E-state index is 12.2. The molecule has 2 unspecified atom stereocenters. The first kappa shape index (κ1) is 12.8. The fourth-order valence-electron chi connectivity index (χ4n) is 2.35. The molecular formula is C13H18N2O3. The second-order valence-electron chi connectivity index (χ2n) is 4.96. The summed E-state index contributed by atoms with van der Waals surface area (Å²) in [6.45, 7) is 4.69. The maximum Gasteiger partial charge on any atom is 0.254 e. The SMILES string of the molecule is Cc1cc(C(=O)N2CCC(C(C)O)C2)cc(=O)[nH]1. The number of H-pyrrole nitrogens is 1. The van der Waals surface area contributed by atoms with Crippen molar-refractivity contribution in [2.45, 2.75) is 26.4 Å². The Bertz CT molecular complexity index is 507. The van der Waals surface area contributed by atoms with Gasteiger partial charge in [0.15, 0.2) is 0 Å². The van der Waals surface area contributed by atoms with Crippen LogP contribution in [0.4, 0.5) is 0 Å². The number of hydrogen-bond acceptors (Lipinski definition) is 3. The molecule has 0 radical (unpaired) electrons. The van der Waals surface area contributed by atoms with E-state index in [-0.39, 0.29) is 17.4 Å². The van der Waals surface area contributed by atoms with E-state index in [0.717, 1.165) is 6.42 Å². The Kier molecular flexibility index (Phi) is 3.52. The molecular weight excluding hydrogens is 232 g/mol. The summed E-state index contributed by atoms with van der Waals surface area (Å²) in [7, 11) is 0. The molecule has 5 heteroatoms. The van der Waals surface area contributed by atoms with E-state index < -0.39 is 6.10 Å². The van der Waals surface area contributed by atoms with Gasteiger partial charge in [0.25, 0.3) is 5.91 Å². The third kappa shape index (κ3) is 2.61. The topological polar surface area (TPSA) is 73.4 Å². The van der Waals surface area contributed by atoms with Gasteiger partial charge in [0.05, 0.1) is 6.10 Å². The summed E-state index contributed by atoms with van der Waals surface area (Å²) in [4.78, 5) is 27.9. The molecule has 1 aromatic rings. The number of hydrogen-bond donors (Lipinski definition) is 2. The van der Waals surface area contributed by atoms with Gasteiger partial charge in [-0.2, -0.15) is 0 Å².